The monoisotopic (exact) mass is 325 g/mol. The second kappa shape index (κ2) is 6.70. The van der Waals surface area contributed by atoms with Gasteiger partial charge in [0.05, 0.1) is 35.2 Å². The number of benzene rings is 1. The molecule has 1 aliphatic heterocycles. The summed E-state index contributed by atoms with van der Waals surface area (Å²) in [5, 5.41) is 11.5. The van der Waals surface area contributed by atoms with Crippen molar-refractivity contribution in [3.63, 3.8) is 0 Å². The van der Waals surface area contributed by atoms with Crippen LogP contribution < -0.4 is 10.2 Å². The van der Waals surface area contributed by atoms with Crippen LogP contribution in [0.1, 0.15) is 19.8 Å². The number of nitrogens with one attached hydrogen (secondary N) is 1. The third-order valence-corrected chi connectivity index (χ3v) is 4.06. The number of hydrogen-bond donors (Lipinski definition) is 2. The van der Waals surface area contributed by atoms with Crippen molar-refractivity contribution in [1.29, 1.82) is 0 Å². The van der Waals surface area contributed by atoms with Gasteiger partial charge in [-0.15, -0.1) is 0 Å². The molecule has 0 radical (unpaired) electrons. The van der Waals surface area contributed by atoms with E-state index in [-0.39, 0.29) is 24.8 Å². The molecule has 0 fully saturated rings. The van der Waals surface area contributed by atoms with Gasteiger partial charge in [0, 0.05) is 13.0 Å². The first-order chi connectivity index (χ1) is 11.6. The molecule has 0 bridgehead atoms. The maximum absolute atomic E-state index is 12.0. The van der Waals surface area contributed by atoms with Crippen LogP contribution in [-0.2, 0) is 9.59 Å². The van der Waals surface area contributed by atoms with Crippen molar-refractivity contribution in [2.75, 3.05) is 11.4 Å². The number of nitrogens with zero attached hydrogens (tertiary/aromatic N) is 2. The fourth-order valence-corrected chi connectivity index (χ4v) is 2.96. The highest BCUT2D eigenvalue weighted by Gasteiger charge is 2.31. The number of carboxylic acid groups (broad SMARTS) is 1. The maximum atomic E-state index is 12.0. The van der Waals surface area contributed by atoms with E-state index < -0.39 is 5.97 Å². The number of para-hydroxylation sites is 2. The highest BCUT2D eigenvalue weighted by atomic mass is 16.4. The lowest BCUT2D eigenvalue weighted by Crippen LogP contribution is -2.46. The zero-order valence-electron chi connectivity index (χ0n) is 13.4. The van der Waals surface area contributed by atoms with Crippen LogP contribution in [0.3, 0.4) is 0 Å². The number of anilines is 1. The predicted molar refractivity (Wildman–Crippen MR) is 92.6 cm³/mol. The van der Waals surface area contributed by atoms with Gasteiger partial charge < -0.3 is 15.3 Å². The van der Waals surface area contributed by atoms with Gasteiger partial charge in [-0.05, 0) is 25.1 Å². The van der Waals surface area contributed by atoms with E-state index in [1.165, 1.54) is 0 Å². The van der Waals surface area contributed by atoms with Gasteiger partial charge in [0.15, 0.2) is 0 Å². The van der Waals surface area contributed by atoms with E-state index in [1.807, 2.05) is 36.4 Å². The molecular weight excluding hydrogens is 306 g/mol. The molecule has 0 aromatic heterocycles. The van der Waals surface area contributed by atoms with Gasteiger partial charge in [0.25, 0.3) is 0 Å². The minimum atomic E-state index is -0.985. The lowest BCUT2D eigenvalue weighted by molar-refractivity contribution is -0.138. The normalized spacial score (nSPS) is 18.2. The smallest absolute Gasteiger partial charge is 0.303 e. The summed E-state index contributed by atoms with van der Waals surface area (Å²) in [6.07, 6.45) is 5.51. The molecule has 1 heterocycles. The lowest BCUT2D eigenvalue weighted by atomic mass is 9.97. The minimum Gasteiger partial charge on any atom is -0.481 e. The molecule has 3 rings (SSSR count). The standard InChI is InChI=1S/C18H19N3O3/c1-2-21-14-8-4-3-6-12(14)20-18-13(7-5-9-15(18)21)19-16(22)10-11-17(23)24/h3-9,15H,2,10-11H2,1H3,(H,19,22)(H,23,24). The van der Waals surface area contributed by atoms with E-state index in [0.29, 0.717) is 5.70 Å². The SMILES string of the molecule is CCN1c2ccccc2N=C2C(NC(=O)CCC(=O)O)=CC=CC21. The fraction of sp³-hybridized carbons (Fsp3) is 0.278. The number of amides is 1. The van der Waals surface area contributed by atoms with Crippen LogP contribution in [0.4, 0.5) is 11.4 Å². The second-order valence-corrected chi connectivity index (χ2v) is 5.62. The van der Waals surface area contributed by atoms with Gasteiger partial charge in [-0.3, -0.25) is 9.59 Å². The van der Waals surface area contributed by atoms with Crippen molar-refractivity contribution < 1.29 is 14.7 Å². The molecule has 1 aromatic rings. The number of aliphatic imine (C=N–C) groups is 1. The number of likely N-dealkylation sites (N-methyl/N-ethyl adjacent to an activating group) is 1. The number of carbonyl (C=O) groups is 2. The van der Waals surface area contributed by atoms with Crippen molar-refractivity contribution in [2.45, 2.75) is 25.8 Å². The number of hydrogen-bond acceptors (Lipinski definition) is 4. The summed E-state index contributed by atoms with van der Waals surface area (Å²) < 4.78 is 0. The maximum Gasteiger partial charge on any atom is 0.303 e. The Kier molecular flexibility index (Phi) is 4.46. The van der Waals surface area contributed by atoms with E-state index in [1.54, 1.807) is 6.08 Å². The average Bonchev–Trinajstić information content (AvgIpc) is 2.58. The molecule has 24 heavy (non-hydrogen) atoms. The Hall–Kier alpha value is -2.89. The van der Waals surface area contributed by atoms with E-state index >= 15 is 0 Å². The quantitative estimate of drug-likeness (QED) is 0.871. The molecule has 1 atom stereocenters. The Morgan fingerprint density at radius 1 is 1.29 bits per heavy atom. The molecule has 0 saturated carbocycles. The van der Waals surface area contributed by atoms with Gasteiger partial charge in [0.2, 0.25) is 5.91 Å². The van der Waals surface area contributed by atoms with Gasteiger partial charge in [-0.1, -0.05) is 24.3 Å². The van der Waals surface area contributed by atoms with E-state index in [4.69, 9.17) is 10.1 Å². The van der Waals surface area contributed by atoms with Crippen molar-refractivity contribution in [3.05, 3.63) is 48.2 Å². The number of carboxylic acids is 1. The average molecular weight is 325 g/mol. The zero-order chi connectivity index (χ0) is 17.1. The van der Waals surface area contributed by atoms with Crippen molar-refractivity contribution in [1.82, 2.24) is 5.32 Å². The highest BCUT2D eigenvalue weighted by Crippen LogP contribution is 2.36. The van der Waals surface area contributed by atoms with Crippen LogP contribution in [-0.4, -0.2) is 35.3 Å². The van der Waals surface area contributed by atoms with Crippen LogP contribution in [0.2, 0.25) is 0 Å². The molecule has 1 unspecified atom stereocenters. The van der Waals surface area contributed by atoms with Crippen LogP contribution in [0.15, 0.2) is 53.2 Å². The summed E-state index contributed by atoms with van der Waals surface area (Å²) in [5.74, 6) is -1.30. The molecule has 1 aromatic carbocycles. The molecule has 6 nitrogen and oxygen atoms in total. The Balaban J connectivity index is 1.87. The molecule has 1 aliphatic carbocycles. The van der Waals surface area contributed by atoms with Crippen LogP contribution in [0.5, 0.6) is 0 Å². The number of allylic oxidation sites excluding steroid dienone is 2. The Labute approximate surface area is 140 Å². The summed E-state index contributed by atoms with van der Waals surface area (Å²) >= 11 is 0. The Morgan fingerprint density at radius 3 is 2.83 bits per heavy atom. The molecule has 6 heteroatoms. The zero-order valence-corrected chi connectivity index (χ0v) is 13.4. The largest absolute Gasteiger partial charge is 0.481 e. The van der Waals surface area contributed by atoms with Crippen molar-refractivity contribution >= 4 is 29.0 Å². The fourth-order valence-electron chi connectivity index (χ4n) is 2.96. The number of rotatable bonds is 5. The van der Waals surface area contributed by atoms with Crippen LogP contribution in [0.25, 0.3) is 0 Å². The van der Waals surface area contributed by atoms with Gasteiger partial charge in [-0.2, -0.15) is 0 Å². The summed E-state index contributed by atoms with van der Waals surface area (Å²) in [6.45, 7) is 2.89. The summed E-state index contributed by atoms with van der Waals surface area (Å²) in [4.78, 5) is 29.5. The molecule has 124 valence electrons. The number of fused-ring (bicyclic) bond motifs is 2. The van der Waals surface area contributed by atoms with Gasteiger partial charge in [0.1, 0.15) is 0 Å². The minimum absolute atomic E-state index is 0.0373. The third-order valence-electron chi connectivity index (χ3n) is 4.06. The first-order valence-corrected chi connectivity index (χ1v) is 7.95. The molecule has 2 aliphatic rings. The topological polar surface area (TPSA) is 82.0 Å². The molecule has 1 amide bonds. The van der Waals surface area contributed by atoms with Gasteiger partial charge >= 0.3 is 5.97 Å². The molecular formula is C18H19N3O3. The van der Waals surface area contributed by atoms with E-state index in [9.17, 15) is 9.59 Å². The molecule has 0 saturated heterocycles. The van der Waals surface area contributed by atoms with Gasteiger partial charge in [-0.25, -0.2) is 4.99 Å². The van der Waals surface area contributed by atoms with Crippen molar-refractivity contribution in [2.24, 2.45) is 4.99 Å². The number of carbonyl (C=O) groups excluding carboxylic acids is 1. The van der Waals surface area contributed by atoms with E-state index in [2.05, 4.69) is 17.1 Å². The first kappa shape index (κ1) is 16.0. The first-order valence-electron chi connectivity index (χ1n) is 7.95. The van der Waals surface area contributed by atoms with Crippen LogP contribution in [0, 0.1) is 0 Å². The second-order valence-electron chi connectivity index (χ2n) is 5.62. The molecule has 0 spiro atoms. The number of aliphatic carboxylic acids is 1. The van der Waals surface area contributed by atoms with Crippen LogP contribution >= 0.6 is 0 Å². The summed E-state index contributed by atoms with van der Waals surface area (Å²) in [5.41, 5.74) is 3.34. The molecule has 2 N–H and O–H groups in total. The summed E-state index contributed by atoms with van der Waals surface area (Å²) in [6, 6.07) is 7.87. The summed E-state index contributed by atoms with van der Waals surface area (Å²) in [7, 11) is 0. The Morgan fingerprint density at radius 2 is 2.08 bits per heavy atom. The highest BCUT2D eigenvalue weighted by molar-refractivity contribution is 6.13. The van der Waals surface area contributed by atoms with Crippen molar-refractivity contribution in [3.8, 4) is 0 Å². The predicted octanol–water partition coefficient (Wildman–Crippen LogP) is 2.40. The van der Waals surface area contributed by atoms with E-state index in [0.717, 1.165) is 23.6 Å². The Bertz CT molecular complexity index is 765. The third kappa shape index (κ3) is 3.08. The lowest BCUT2D eigenvalue weighted by Gasteiger charge is -2.37.